The highest BCUT2D eigenvalue weighted by molar-refractivity contribution is 5.77. The lowest BCUT2D eigenvalue weighted by Crippen LogP contribution is -2.30. The molecule has 1 saturated carbocycles. The number of hydrogen-bond donors (Lipinski definition) is 2. The smallest absolute Gasteiger partial charge is 0.257 e. The highest BCUT2D eigenvalue weighted by atomic mass is 16.5. The van der Waals surface area contributed by atoms with Gasteiger partial charge in [0.05, 0.1) is 5.69 Å². The van der Waals surface area contributed by atoms with Crippen molar-refractivity contribution < 1.29 is 9.53 Å². The van der Waals surface area contributed by atoms with Gasteiger partial charge in [0.15, 0.2) is 6.61 Å². The first-order valence-corrected chi connectivity index (χ1v) is 6.99. The molecule has 0 radical (unpaired) electrons. The quantitative estimate of drug-likeness (QED) is 0.773. The second-order valence-electron chi connectivity index (χ2n) is 5.12. The number of nitrogens with two attached hydrogens (primary N) is 1. The normalized spacial score (nSPS) is 15.4. The van der Waals surface area contributed by atoms with E-state index in [2.05, 4.69) is 5.32 Å². The molecule has 19 heavy (non-hydrogen) atoms. The maximum Gasteiger partial charge on any atom is 0.257 e. The van der Waals surface area contributed by atoms with Gasteiger partial charge in [0.25, 0.3) is 5.91 Å². The Labute approximate surface area is 114 Å². The van der Waals surface area contributed by atoms with Crippen LogP contribution < -0.4 is 15.8 Å². The Hall–Kier alpha value is -1.71. The second kappa shape index (κ2) is 7.02. The number of benzene rings is 1. The van der Waals surface area contributed by atoms with Crippen molar-refractivity contribution in [3.63, 3.8) is 0 Å². The van der Waals surface area contributed by atoms with Crippen molar-refractivity contribution in [3.05, 3.63) is 24.3 Å². The van der Waals surface area contributed by atoms with E-state index in [1.807, 2.05) is 12.1 Å². The van der Waals surface area contributed by atoms with Crippen LogP contribution in [0, 0.1) is 5.92 Å². The van der Waals surface area contributed by atoms with E-state index in [9.17, 15) is 4.79 Å². The summed E-state index contributed by atoms with van der Waals surface area (Å²) >= 11 is 0. The lowest BCUT2D eigenvalue weighted by molar-refractivity contribution is -0.123. The standard InChI is InChI=1S/C15H22N2O2/c16-13-7-3-4-8-14(13)19-11-15(18)17-10-9-12-5-1-2-6-12/h3-4,7-8,12H,1-2,5-6,9-11,16H2,(H,17,18). The topological polar surface area (TPSA) is 64.3 Å². The summed E-state index contributed by atoms with van der Waals surface area (Å²) in [6.45, 7) is 0.774. The van der Waals surface area contributed by atoms with E-state index < -0.39 is 0 Å². The molecule has 1 aliphatic carbocycles. The summed E-state index contributed by atoms with van der Waals surface area (Å²) < 4.78 is 5.38. The molecule has 0 spiro atoms. The zero-order valence-electron chi connectivity index (χ0n) is 11.2. The SMILES string of the molecule is Nc1ccccc1OCC(=O)NCCC1CCCC1. The number of hydrogen-bond acceptors (Lipinski definition) is 3. The average Bonchev–Trinajstić information content (AvgIpc) is 2.91. The fraction of sp³-hybridized carbons (Fsp3) is 0.533. The van der Waals surface area contributed by atoms with E-state index in [1.54, 1.807) is 12.1 Å². The molecule has 4 heteroatoms. The van der Waals surface area contributed by atoms with Crippen molar-refractivity contribution in [2.45, 2.75) is 32.1 Å². The number of amides is 1. The van der Waals surface area contributed by atoms with Gasteiger partial charge in [-0.2, -0.15) is 0 Å². The summed E-state index contributed by atoms with van der Waals surface area (Å²) in [5.41, 5.74) is 6.29. The van der Waals surface area contributed by atoms with E-state index in [4.69, 9.17) is 10.5 Å². The number of para-hydroxylation sites is 2. The third kappa shape index (κ3) is 4.47. The van der Waals surface area contributed by atoms with Gasteiger partial charge in [0, 0.05) is 6.54 Å². The van der Waals surface area contributed by atoms with E-state index in [-0.39, 0.29) is 12.5 Å². The fourth-order valence-electron chi connectivity index (χ4n) is 2.52. The third-order valence-electron chi connectivity index (χ3n) is 3.63. The van der Waals surface area contributed by atoms with Crippen LogP contribution in [-0.2, 0) is 4.79 Å². The zero-order chi connectivity index (χ0) is 13.5. The van der Waals surface area contributed by atoms with Gasteiger partial charge in [-0.15, -0.1) is 0 Å². The Morgan fingerprint density at radius 1 is 1.32 bits per heavy atom. The molecule has 1 aliphatic rings. The van der Waals surface area contributed by atoms with Crippen LogP contribution in [0.1, 0.15) is 32.1 Å². The Morgan fingerprint density at radius 2 is 2.05 bits per heavy atom. The highest BCUT2D eigenvalue weighted by Crippen LogP contribution is 2.26. The monoisotopic (exact) mass is 262 g/mol. The van der Waals surface area contributed by atoms with Gasteiger partial charge in [-0.1, -0.05) is 37.8 Å². The zero-order valence-corrected chi connectivity index (χ0v) is 11.2. The fourth-order valence-corrected chi connectivity index (χ4v) is 2.52. The van der Waals surface area contributed by atoms with Gasteiger partial charge in [-0.25, -0.2) is 0 Å². The minimum Gasteiger partial charge on any atom is -0.482 e. The summed E-state index contributed by atoms with van der Waals surface area (Å²) in [5, 5.41) is 2.89. The van der Waals surface area contributed by atoms with Crippen molar-refractivity contribution in [2.75, 3.05) is 18.9 Å². The Balaban J connectivity index is 1.63. The molecule has 0 aromatic heterocycles. The van der Waals surface area contributed by atoms with Crippen LogP contribution in [0.5, 0.6) is 5.75 Å². The van der Waals surface area contributed by atoms with Crippen LogP contribution in [0.3, 0.4) is 0 Å². The van der Waals surface area contributed by atoms with Gasteiger partial charge < -0.3 is 15.8 Å². The van der Waals surface area contributed by atoms with E-state index >= 15 is 0 Å². The first-order chi connectivity index (χ1) is 9.25. The number of anilines is 1. The van der Waals surface area contributed by atoms with Crippen molar-refractivity contribution >= 4 is 11.6 Å². The van der Waals surface area contributed by atoms with Gasteiger partial charge in [0.2, 0.25) is 0 Å². The number of rotatable bonds is 6. The molecule has 2 rings (SSSR count). The summed E-state index contributed by atoms with van der Waals surface area (Å²) in [5.74, 6) is 1.28. The minimum atomic E-state index is -0.0822. The lowest BCUT2D eigenvalue weighted by atomic mass is 10.0. The first kappa shape index (κ1) is 13.7. The van der Waals surface area contributed by atoms with Crippen molar-refractivity contribution in [1.29, 1.82) is 0 Å². The molecular formula is C15H22N2O2. The summed E-state index contributed by atoms with van der Waals surface area (Å²) in [6.07, 6.45) is 6.39. The highest BCUT2D eigenvalue weighted by Gasteiger charge is 2.14. The number of ether oxygens (including phenoxy) is 1. The maximum absolute atomic E-state index is 11.6. The third-order valence-corrected chi connectivity index (χ3v) is 3.63. The summed E-state index contributed by atoms with van der Waals surface area (Å²) in [6, 6.07) is 7.20. The van der Waals surface area contributed by atoms with Crippen LogP contribution in [0.15, 0.2) is 24.3 Å². The minimum absolute atomic E-state index is 0.0267. The van der Waals surface area contributed by atoms with Crippen molar-refractivity contribution in [1.82, 2.24) is 5.32 Å². The van der Waals surface area contributed by atoms with E-state index in [0.717, 1.165) is 18.9 Å². The van der Waals surface area contributed by atoms with Gasteiger partial charge in [0.1, 0.15) is 5.75 Å². The van der Waals surface area contributed by atoms with Crippen LogP contribution in [0.4, 0.5) is 5.69 Å². The van der Waals surface area contributed by atoms with E-state index in [1.165, 1.54) is 25.7 Å². The van der Waals surface area contributed by atoms with Crippen LogP contribution in [-0.4, -0.2) is 19.1 Å². The predicted octanol–water partition coefficient (Wildman–Crippen LogP) is 2.34. The molecule has 0 heterocycles. The summed E-state index contributed by atoms with van der Waals surface area (Å²) in [4.78, 5) is 11.6. The van der Waals surface area contributed by atoms with Gasteiger partial charge in [-0.3, -0.25) is 4.79 Å². The summed E-state index contributed by atoms with van der Waals surface area (Å²) in [7, 11) is 0. The average molecular weight is 262 g/mol. The first-order valence-electron chi connectivity index (χ1n) is 6.99. The maximum atomic E-state index is 11.6. The van der Waals surface area contributed by atoms with Crippen LogP contribution >= 0.6 is 0 Å². The van der Waals surface area contributed by atoms with Crippen molar-refractivity contribution in [3.8, 4) is 5.75 Å². The molecule has 1 aromatic rings. The number of nitrogens with one attached hydrogen (secondary N) is 1. The molecule has 1 amide bonds. The largest absolute Gasteiger partial charge is 0.482 e. The molecule has 0 aliphatic heterocycles. The number of carbonyl (C=O) groups excluding carboxylic acids is 1. The molecule has 0 atom stereocenters. The van der Waals surface area contributed by atoms with Crippen molar-refractivity contribution in [2.24, 2.45) is 5.92 Å². The van der Waals surface area contributed by atoms with Gasteiger partial charge >= 0.3 is 0 Å². The Bertz CT molecular complexity index is 414. The van der Waals surface area contributed by atoms with Crippen LogP contribution in [0.2, 0.25) is 0 Å². The number of carbonyl (C=O) groups is 1. The molecule has 104 valence electrons. The molecule has 4 nitrogen and oxygen atoms in total. The second-order valence-corrected chi connectivity index (χ2v) is 5.12. The Morgan fingerprint density at radius 3 is 2.79 bits per heavy atom. The molecule has 3 N–H and O–H groups in total. The van der Waals surface area contributed by atoms with Gasteiger partial charge in [-0.05, 0) is 24.5 Å². The Kier molecular flexibility index (Phi) is 5.07. The molecule has 1 aromatic carbocycles. The predicted molar refractivity (Wildman–Crippen MR) is 75.9 cm³/mol. The molecule has 0 saturated heterocycles. The van der Waals surface area contributed by atoms with Crippen LogP contribution in [0.25, 0.3) is 0 Å². The molecule has 1 fully saturated rings. The lowest BCUT2D eigenvalue weighted by Gasteiger charge is -2.11. The number of nitrogen functional groups attached to an aromatic ring is 1. The molecule has 0 unspecified atom stereocenters. The molecule has 0 bridgehead atoms. The van der Waals surface area contributed by atoms with E-state index in [0.29, 0.717) is 11.4 Å². The molecular weight excluding hydrogens is 240 g/mol.